The third kappa shape index (κ3) is 10.1. The molecule has 0 aliphatic heterocycles. The first-order valence-electron chi connectivity index (χ1n) is 22.1. The Labute approximate surface area is 384 Å². The van der Waals surface area contributed by atoms with Gasteiger partial charge in [0.05, 0.1) is 31.1 Å². The SMILES string of the molecule is CCCCCCCCS(=O)(=O)c1cc(-c2cc(S(=O)(=O)CCCCCCCC)c(-c3ccc(-c4cccc5ccccc45)s3)s2)sc1-c1ccc(-c2cccc3ccccc23)s1. The van der Waals surface area contributed by atoms with E-state index in [9.17, 15) is 16.8 Å². The number of fused-ring (bicyclic) bond motifs is 2. The van der Waals surface area contributed by atoms with Gasteiger partial charge >= 0.3 is 0 Å². The van der Waals surface area contributed by atoms with Gasteiger partial charge in [-0.3, -0.25) is 0 Å². The molecule has 8 aromatic rings. The highest BCUT2D eigenvalue weighted by Crippen LogP contribution is 2.51. The Morgan fingerprint density at radius 3 is 1.18 bits per heavy atom. The molecule has 0 aliphatic carbocycles. The van der Waals surface area contributed by atoms with Crippen LogP contribution >= 0.6 is 45.3 Å². The van der Waals surface area contributed by atoms with E-state index < -0.39 is 19.7 Å². The molecule has 8 rings (SSSR count). The topological polar surface area (TPSA) is 68.3 Å². The minimum Gasteiger partial charge on any atom is -0.224 e. The van der Waals surface area contributed by atoms with Crippen molar-refractivity contribution < 1.29 is 16.8 Å². The van der Waals surface area contributed by atoms with E-state index in [1.165, 1.54) is 22.7 Å². The Balaban J connectivity index is 1.20. The highest BCUT2D eigenvalue weighted by atomic mass is 32.2. The molecule has 0 N–H and O–H groups in total. The number of thiophene rings is 4. The third-order valence-electron chi connectivity index (χ3n) is 11.6. The van der Waals surface area contributed by atoms with E-state index in [0.29, 0.717) is 22.6 Å². The van der Waals surface area contributed by atoms with Crippen LogP contribution in [-0.4, -0.2) is 28.3 Å². The molecule has 0 spiro atoms. The van der Waals surface area contributed by atoms with E-state index in [4.69, 9.17) is 0 Å². The summed E-state index contributed by atoms with van der Waals surface area (Å²) in [4.78, 5) is 7.65. The van der Waals surface area contributed by atoms with Gasteiger partial charge < -0.3 is 0 Å². The molecule has 0 saturated heterocycles. The van der Waals surface area contributed by atoms with E-state index in [2.05, 4.69) is 111 Å². The van der Waals surface area contributed by atoms with Crippen LogP contribution in [0.2, 0.25) is 0 Å². The number of rotatable bonds is 21. The Bertz CT molecular complexity index is 2780. The molecule has 0 atom stereocenters. The Kier molecular flexibility index (Phi) is 14.6. The molecule has 62 heavy (non-hydrogen) atoms. The molecule has 0 unspecified atom stereocenters. The van der Waals surface area contributed by atoms with Crippen LogP contribution in [-0.2, 0) is 19.7 Å². The van der Waals surface area contributed by atoms with Crippen molar-refractivity contribution in [2.45, 2.75) is 101 Å². The normalized spacial score (nSPS) is 12.2. The summed E-state index contributed by atoms with van der Waals surface area (Å²) in [5.74, 6) is 0.174. The molecule has 322 valence electrons. The molecule has 4 heterocycles. The van der Waals surface area contributed by atoms with Crippen molar-refractivity contribution in [3.05, 3.63) is 121 Å². The van der Waals surface area contributed by atoms with Crippen molar-refractivity contribution >= 4 is 86.6 Å². The first-order chi connectivity index (χ1) is 30.2. The quantitative estimate of drug-likeness (QED) is 0.0673. The summed E-state index contributed by atoms with van der Waals surface area (Å²) < 4.78 is 57.7. The van der Waals surface area contributed by atoms with Crippen LogP contribution in [0.5, 0.6) is 0 Å². The zero-order chi connectivity index (χ0) is 43.1. The van der Waals surface area contributed by atoms with Crippen molar-refractivity contribution in [1.82, 2.24) is 0 Å². The average molecular weight is 935 g/mol. The fourth-order valence-corrected chi connectivity index (χ4v) is 17.0. The Morgan fingerprint density at radius 1 is 0.371 bits per heavy atom. The fraction of sp³-hybridized carbons (Fsp3) is 0.308. The van der Waals surface area contributed by atoms with E-state index in [-0.39, 0.29) is 11.5 Å². The molecule has 4 aromatic heterocycles. The van der Waals surface area contributed by atoms with Crippen LogP contribution in [0.1, 0.15) is 90.9 Å². The zero-order valence-electron chi connectivity index (χ0n) is 35.5. The van der Waals surface area contributed by atoms with Gasteiger partial charge in [-0.25, -0.2) is 16.8 Å². The fourth-order valence-electron chi connectivity index (χ4n) is 8.25. The van der Waals surface area contributed by atoms with E-state index in [0.717, 1.165) is 136 Å². The largest absolute Gasteiger partial charge is 0.224 e. The Hall–Kier alpha value is -3.90. The molecular weight excluding hydrogens is 881 g/mol. The minimum atomic E-state index is -3.65. The molecule has 0 amide bonds. The molecule has 0 radical (unpaired) electrons. The highest BCUT2D eigenvalue weighted by Gasteiger charge is 2.29. The highest BCUT2D eigenvalue weighted by molar-refractivity contribution is 7.92. The van der Waals surface area contributed by atoms with E-state index in [1.807, 2.05) is 24.3 Å². The van der Waals surface area contributed by atoms with E-state index in [1.54, 1.807) is 22.7 Å². The van der Waals surface area contributed by atoms with Crippen LogP contribution in [0.3, 0.4) is 0 Å². The second-order valence-electron chi connectivity index (χ2n) is 16.2. The lowest BCUT2D eigenvalue weighted by Crippen LogP contribution is -2.07. The van der Waals surface area contributed by atoms with Crippen LogP contribution < -0.4 is 0 Å². The maximum absolute atomic E-state index is 14.4. The second kappa shape index (κ2) is 20.3. The summed E-state index contributed by atoms with van der Waals surface area (Å²) in [6, 6.07) is 41.3. The third-order valence-corrected chi connectivity index (χ3v) is 20.6. The molecule has 0 bridgehead atoms. The second-order valence-corrected chi connectivity index (χ2v) is 24.6. The molecule has 10 heteroatoms. The molecule has 4 aromatic carbocycles. The number of sulfone groups is 2. The molecule has 0 saturated carbocycles. The lowest BCUT2D eigenvalue weighted by atomic mass is 10.0. The van der Waals surface area contributed by atoms with Gasteiger partial charge in [0, 0.05) is 29.3 Å². The van der Waals surface area contributed by atoms with Crippen LogP contribution in [0.15, 0.2) is 131 Å². The summed E-state index contributed by atoms with van der Waals surface area (Å²) in [7, 11) is -7.31. The van der Waals surface area contributed by atoms with Crippen LogP contribution in [0.25, 0.3) is 71.7 Å². The predicted molar refractivity (Wildman–Crippen MR) is 271 cm³/mol. The monoisotopic (exact) mass is 934 g/mol. The van der Waals surface area contributed by atoms with Gasteiger partial charge in [-0.15, -0.1) is 45.3 Å². The smallest absolute Gasteiger partial charge is 0.179 e. The lowest BCUT2D eigenvalue weighted by molar-refractivity contribution is 0.583. The minimum absolute atomic E-state index is 0.0869. The maximum Gasteiger partial charge on any atom is 0.179 e. The Morgan fingerprint density at radius 2 is 0.742 bits per heavy atom. The number of hydrogen-bond acceptors (Lipinski definition) is 8. The van der Waals surface area contributed by atoms with Crippen molar-refractivity contribution in [2.24, 2.45) is 0 Å². The van der Waals surface area contributed by atoms with Crippen molar-refractivity contribution in [3.63, 3.8) is 0 Å². The average Bonchev–Trinajstić information content (AvgIpc) is 4.12. The van der Waals surface area contributed by atoms with Crippen molar-refractivity contribution in [1.29, 1.82) is 0 Å². The lowest BCUT2D eigenvalue weighted by Gasteiger charge is -2.06. The zero-order valence-corrected chi connectivity index (χ0v) is 40.4. The number of hydrogen-bond donors (Lipinski definition) is 0. The summed E-state index contributed by atoms with van der Waals surface area (Å²) in [6.07, 6.45) is 11.9. The first-order valence-corrected chi connectivity index (χ1v) is 28.6. The molecule has 4 nitrogen and oxygen atoms in total. The van der Waals surface area contributed by atoms with Crippen LogP contribution in [0.4, 0.5) is 0 Å². The summed E-state index contributed by atoms with van der Waals surface area (Å²) in [5, 5.41) is 4.63. The first kappa shape index (κ1) is 44.7. The predicted octanol–water partition coefficient (Wildman–Crippen LogP) is 16.8. The van der Waals surface area contributed by atoms with Gasteiger partial charge in [0.1, 0.15) is 0 Å². The van der Waals surface area contributed by atoms with Crippen molar-refractivity contribution in [3.8, 4) is 50.1 Å². The summed E-state index contributed by atoms with van der Waals surface area (Å²) >= 11 is 6.16. The number of unbranched alkanes of at least 4 members (excludes halogenated alkanes) is 10. The summed E-state index contributed by atoms with van der Waals surface area (Å²) in [6.45, 7) is 4.37. The van der Waals surface area contributed by atoms with E-state index >= 15 is 0 Å². The van der Waals surface area contributed by atoms with Gasteiger partial charge in [0.25, 0.3) is 0 Å². The van der Waals surface area contributed by atoms with Gasteiger partial charge in [-0.05, 0) is 81.9 Å². The van der Waals surface area contributed by atoms with Crippen molar-refractivity contribution in [2.75, 3.05) is 11.5 Å². The van der Waals surface area contributed by atoms with Gasteiger partial charge in [-0.2, -0.15) is 0 Å². The molecular formula is C52H54O4S6. The summed E-state index contributed by atoms with van der Waals surface area (Å²) in [5.41, 5.74) is 2.24. The molecule has 0 fully saturated rings. The van der Waals surface area contributed by atoms with Gasteiger partial charge in [-0.1, -0.05) is 163 Å². The molecule has 0 aliphatic rings. The van der Waals surface area contributed by atoms with Gasteiger partial charge in [0.2, 0.25) is 0 Å². The standard InChI is InChI=1S/C52H54O4S6/c1-3-5-7-9-11-17-33-61(53,54)49-35-47(59-51(49)45-31-29-43(57-45)41-27-19-23-37-21-13-15-25-39(37)41)48-36-50(62(55,56)34-18-12-10-8-6-4-2)52(60-48)46-32-30-44(58-46)42-28-20-24-38-22-14-16-26-40(38)42/h13-16,19-32,35-36H,3-12,17-18,33-34H2,1-2H3. The van der Waals surface area contributed by atoms with Gasteiger partial charge in [0.15, 0.2) is 19.7 Å². The van der Waals surface area contributed by atoms with Crippen LogP contribution in [0, 0.1) is 0 Å². The maximum atomic E-state index is 14.4. The number of benzene rings is 4.